The Bertz CT molecular complexity index is 187. The molecule has 2 saturated carbocycles. The molecule has 2 nitrogen and oxygen atoms in total. The number of nitrogens with one attached hydrogen (secondary N) is 1. The fourth-order valence-corrected chi connectivity index (χ4v) is 2.37. The molecule has 3 N–H and O–H groups in total. The Kier molecular flexibility index (Phi) is 2.85. The fourth-order valence-electron chi connectivity index (χ4n) is 2.37. The zero-order chi connectivity index (χ0) is 10.1. The van der Waals surface area contributed by atoms with E-state index in [2.05, 4.69) is 12.2 Å². The smallest absolute Gasteiger partial charge is 0.000517 e. The lowest BCUT2D eigenvalue weighted by atomic mass is 9.67. The molecule has 0 radical (unpaired) electrons. The van der Waals surface area contributed by atoms with Crippen LogP contribution in [0.1, 0.15) is 45.4 Å². The molecule has 0 aromatic rings. The fraction of sp³-hybridized carbons (Fsp3) is 1.00. The molecule has 2 aliphatic rings. The van der Waals surface area contributed by atoms with Crippen molar-refractivity contribution in [3.05, 3.63) is 0 Å². The van der Waals surface area contributed by atoms with Gasteiger partial charge in [-0.3, -0.25) is 0 Å². The highest BCUT2D eigenvalue weighted by Gasteiger charge is 2.37. The Labute approximate surface area is 87.6 Å². The summed E-state index contributed by atoms with van der Waals surface area (Å²) in [6.45, 7) is 5.66. The van der Waals surface area contributed by atoms with Crippen LogP contribution in [-0.2, 0) is 0 Å². The number of hydrogen-bond donors (Lipinski definition) is 2. The van der Waals surface area contributed by atoms with Gasteiger partial charge in [-0.15, -0.1) is 0 Å². The van der Waals surface area contributed by atoms with Crippen molar-refractivity contribution in [2.75, 3.05) is 19.6 Å². The first-order valence-corrected chi connectivity index (χ1v) is 6.09. The van der Waals surface area contributed by atoms with Crippen molar-refractivity contribution < 1.29 is 0 Å². The maximum absolute atomic E-state index is 5.82. The minimum atomic E-state index is 0.525. The van der Waals surface area contributed by atoms with Crippen LogP contribution in [0.3, 0.4) is 0 Å². The first kappa shape index (κ1) is 10.4. The van der Waals surface area contributed by atoms with Crippen LogP contribution in [-0.4, -0.2) is 19.6 Å². The molecule has 0 unspecified atom stereocenters. The van der Waals surface area contributed by atoms with E-state index in [0.29, 0.717) is 10.8 Å². The number of rotatable bonds is 6. The number of hydrogen-bond acceptors (Lipinski definition) is 2. The second-order valence-electron chi connectivity index (χ2n) is 5.80. The summed E-state index contributed by atoms with van der Waals surface area (Å²) in [5.41, 5.74) is 6.99. The van der Waals surface area contributed by atoms with Gasteiger partial charge in [-0.2, -0.15) is 0 Å². The molecular formula is C12H24N2. The van der Waals surface area contributed by atoms with Crippen LogP contribution in [0.5, 0.6) is 0 Å². The van der Waals surface area contributed by atoms with Gasteiger partial charge in [-0.25, -0.2) is 0 Å². The van der Waals surface area contributed by atoms with Crippen LogP contribution >= 0.6 is 0 Å². The average Bonchev–Trinajstić information content (AvgIpc) is 2.82. The van der Waals surface area contributed by atoms with Gasteiger partial charge in [0.25, 0.3) is 0 Å². The predicted octanol–water partition coefficient (Wildman–Crippen LogP) is 1.90. The van der Waals surface area contributed by atoms with Gasteiger partial charge >= 0.3 is 0 Å². The number of nitrogens with two attached hydrogens (primary N) is 1. The van der Waals surface area contributed by atoms with Crippen LogP contribution in [0.4, 0.5) is 0 Å². The molecule has 2 aliphatic carbocycles. The van der Waals surface area contributed by atoms with E-state index in [1.165, 1.54) is 51.6 Å². The lowest BCUT2D eigenvalue weighted by molar-refractivity contribution is 0.130. The topological polar surface area (TPSA) is 38.0 Å². The highest BCUT2D eigenvalue weighted by Crippen LogP contribution is 2.45. The van der Waals surface area contributed by atoms with Gasteiger partial charge < -0.3 is 11.1 Å². The molecule has 0 heterocycles. The zero-order valence-corrected chi connectivity index (χ0v) is 9.44. The Morgan fingerprint density at radius 3 is 2.36 bits per heavy atom. The molecule has 0 aromatic heterocycles. The van der Waals surface area contributed by atoms with Gasteiger partial charge in [0.1, 0.15) is 0 Å². The molecule has 2 heteroatoms. The SMILES string of the molecule is CC1(CNCCC2(CN)CCC2)CC1. The summed E-state index contributed by atoms with van der Waals surface area (Å²) in [6, 6.07) is 0. The largest absolute Gasteiger partial charge is 0.330 e. The van der Waals surface area contributed by atoms with Crippen molar-refractivity contribution in [3.63, 3.8) is 0 Å². The van der Waals surface area contributed by atoms with Gasteiger partial charge in [0.2, 0.25) is 0 Å². The standard InChI is InChI=1S/C12H24N2/c1-11(5-6-11)10-14-8-7-12(9-13)3-2-4-12/h14H,2-10,13H2,1H3. The summed E-state index contributed by atoms with van der Waals surface area (Å²) in [5.74, 6) is 0. The minimum absolute atomic E-state index is 0.525. The molecule has 0 spiro atoms. The summed E-state index contributed by atoms with van der Waals surface area (Å²) in [6.07, 6.45) is 8.25. The molecule has 0 bridgehead atoms. The first-order chi connectivity index (χ1) is 6.68. The van der Waals surface area contributed by atoms with Crippen LogP contribution in [0, 0.1) is 10.8 Å². The van der Waals surface area contributed by atoms with Crippen molar-refractivity contribution in [1.29, 1.82) is 0 Å². The van der Waals surface area contributed by atoms with E-state index in [4.69, 9.17) is 5.73 Å². The highest BCUT2D eigenvalue weighted by atomic mass is 14.9. The molecule has 14 heavy (non-hydrogen) atoms. The summed E-state index contributed by atoms with van der Waals surface area (Å²) < 4.78 is 0. The monoisotopic (exact) mass is 196 g/mol. The molecule has 0 amide bonds. The summed E-state index contributed by atoms with van der Waals surface area (Å²) in [4.78, 5) is 0. The van der Waals surface area contributed by atoms with Crippen LogP contribution in [0.15, 0.2) is 0 Å². The van der Waals surface area contributed by atoms with Crippen LogP contribution in [0.25, 0.3) is 0 Å². The Morgan fingerprint density at radius 2 is 1.93 bits per heavy atom. The summed E-state index contributed by atoms with van der Waals surface area (Å²) in [5, 5.41) is 3.59. The first-order valence-electron chi connectivity index (χ1n) is 6.09. The maximum atomic E-state index is 5.82. The van der Waals surface area contributed by atoms with Gasteiger partial charge in [-0.05, 0) is 56.0 Å². The van der Waals surface area contributed by atoms with E-state index in [0.717, 1.165) is 6.54 Å². The predicted molar refractivity (Wildman–Crippen MR) is 60.2 cm³/mol. The van der Waals surface area contributed by atoms with E-state index in [-0.39, 0.29) is 0 Å². The molecule has 0 aliphatic heterocycles. The third-order valence-corrected chi connectivity index (χ3v) is 4.33. The van der Waals surface area contributed by atoms with E-state index in [1.54, 1.807) is 0 Å². The normalized spacial score (nSPS) is 27.0. The van der Waals surface area contributed by atoms with Gasteiger partial charge in [0.05, 0.1) is 0 Å². The van der Waals surface area contributed by atoms with Crippen LogP contribution in [0.2, 0.25) is 0 Å². The lowest BCUT2D eigenvalue weighted by Gasteiger charge is -2.41. The van der Waals surface area contributed by atoms with E-state index in [9.17, 15) is 0 Å². The Hall–Kier alpha value is -0.0800. The zero-order valence-electron chi connectivity index (χ0n) is 9.44. The second kappa shape index (κ2) is 3.82. The van der Waals surface area contributed by atoms with Crippen molar-refractivity contribution in [1.82, 2.24) is 5.32 Å². The van der Waals surface area contributed by atoms with E-state index < -0.39 is 0 Å². The molecular weight excluding hydrogens is 172 g/mol. The van der Waals surface area contributed by atoms with Crippen LogP contribution < -0.4 is 11.1 Å². The molecule has 2 fully saturated rings. The molecule has 0 aromatic carbocycles. The van der Waals surface area contributed by atoms with Gasteiger partial charge in [-0.1, -0.05) is 13.3 Å². The third-order valence-electron chi connectivity index (χ3n) is 4.33. The Balaban J connectivity index is 1.57. The van der Waals surface area contributed by atoms with E-state index in [1.807, 2.05) is 0 Å². The van der Waals surface area contributed by atoms with Crippen molar-refractivity contribution in [3.8, 4) is 0 Å². The van der Waals surface area contributed by atoms with E-state index >= 15 is 0 Å². The second-order valence-corrected chi connectivity index (χ2v) is 5.80. The van der Waals surface area contributed by atoms with Gasteiger partial charge in [0, 0.05) is 6.54 Å². The highest BCUT2D eigenvalue weighted by molar-refractivity contribution is 4.92. The maximum Gasteiger partial charge on any atom is 0.000517 e. The lowest BCUT2D eigenvalue weighted by Crippen LogP contribution is -2.40. The van der Waals surface area contributed by atoms with Gasteiger partial charge in [0.15, 0.2) is 0 Å². The average molecular weight is 196 g/mol. The third kappa shape index (κ3) is 2.29. The molecule has 2 rings (SSSR count). The summed E-state index contributed by atoms with van der Waals surface area (Å²) in [7, 11) is 0. The molecule has 0 saturated heterocycles. The van der Waals surface area contributed by atoms with Crippen molar-refractivity contribution in [2.24, 2.45) is 16.6 Å². The van der Waals surface area contributed by atoms with Crippen molar-refractivity contribution in [2.45, 2.75) is 45.4 Å². The quantitative estimate of drug-likeness (QED) is 0.637. The molecule has 82 valence electrons. The Morgan fingerprint density at radius 1 is 1.21 bits per heavy atom. The minimum Gasteiger partial charge on any atom is -0.330 e. The molecule has 0 atom stereocenters. The van der Waals surface area contributed by atoms with Crippen molar-refractivity contribution >= 4 is 0 Å². The summed E-state index contributed by atoms with van der Waals surface area (Å²) >= 11 is 0.